The molecule has 24 heavy (non-hydrogen) atoms. The maximum absolute atomic E-state index is 12.1. The molecule has 7 nitrogen and oxygen atoms in total. The molecule has 0 saturated carbocycles. The summed E-state index contributed by atoms with van der Waals surface area (Å²) in [6, 6.07) is 13.8. The van der Waals surface area contributed by atoms with Crippen LogP contribution in [0.1, 0.15) is 6.42 Å². The molecule has 2 aromatic carbocycles. The van der Waals surface area contributed by atoms with Gasteiger partial charge in [0.05, 0.1) is 17.7 Å². The minimum absolute atomic E-state index is 0.104. The molecule has 0 aliphatic rings. The molecule has 2 aromatic rings. The van der Waals surface area contributed by atoms with Gasteiger partial charge in [-0.1, -0.05) is 18.2 Å². The Bertz CT molecular complexity index is 719. The van der Waals surface area contributed by atoms with Crippen molar-refractivity contribution in [3.63, 3.8) is 0 Å². The minimum atomic E-state index is -0.516. The molecule has 126 valence electrons. The van der Waals surface area contributed by atoms with E-state index in [4.69, 9.17) is 4.74 Å². The van der Waals surface area contributed by atoms with Gasteiger partial charge in [0.25, 0.3) is 5.69 Å². The number of rotatable bonds is 7. The summed E-state index contributed by atoms with van der Waals surface area (Å²) >= 11 is 0. The number of non-ortho nitro benzene ring substituents is 1. The Labute approximate surface area is 140 Å². The van der Waals surface area contributed by atoms with Gasteiger partial charge < -0.3 is 15.0 Å². The average molecular weight is 329 g/mol. The van der Waals surface area contributed by atoms with Gasteiger partial charge in [0.15, 0.2) is 0 Å². The lowest BCUT2D eigenvalue weighted by atomic mass is 10.2. The van der Waals surface area contributed by atoms with Crippen molar-refractivity contribution in [2.24, 2.45) is 0 Å². The van der Waals surface area contributed by atoms with Crippen LogP contribution < -0.4 is 15.0 Å². The van der Waals surface area contributed by atoms with Gasteiger partial charge in [-0.05, 0) is 18.2 Å². The number of anilines is 2. The largest absolute Gasteiger partial charge is 0.495 e. The normalized spacial score (nSPS) is 10.1. The van der Waals surface area contributed by atoms with Crippen LogP contribution in [0.5, 0.6) is 5.75 Å². The first-order valence-corrected chi connectivity index (χ1v) is 7.39. The fraction of sp³-hybridized carbons (Fsp3) is 0.235. The maximum atomic E-state index is 12.1. The monoisotopic (exact) mass is 329 g/mol. The van der Waals surface area contributed by atoms with Crippen molar-refractivity contribution < 1.29 is 14.5 Å². The van der Waals surface area contributed by atoms with E-state index >= 15 is 0 Å². The number of carbonyl (C=O) groups is 1. The Balaban J connectivity index is 1.99. The summed E-state index contributed by atoms with van der Waals surface area (Å²) in [6.45, 7) is 0.521. The number of nitrogens with one attached hydrogen (secondary N) is 1. The number of benzene rings is 2. The van der Waals surface area contributed by atoms with Gasteiger partial charge in [-0.2, -0.15) is 0 Å². The Morgan fingerprint density at radius 1 is 1.25 bits per heavy atom. The third-order valence-corrected chi connectivity index (χ3v) is 3.54. The molecule has 0 bridgehead atoms. The van der Waals surface area contributed by atoms with E-state index < -0.39 is 4.92 Å². The van der Waals surface area contributed by atoms with Crippen molar-refractivity contribution in [2.45, 2.75) is 6.42 Å². The zero-order chi connectivity index (χ0) is 17.5. The fourth-order valence-electron chi connectivity index (χ4n) is 2.20. The van der Waals surface area contributed by atoms with Crippen LogP contribution in [-0.4, -0.2) is 31.5 Å². The summed E-state index contributed by atoms with van der Waals surface area (Å²) in [4.78, 5) is 24.4. The van der Waals surface area contributed by atoms with E-state index in [1.54, 1.807) is 0 Å². The van der Waals surface area contributed by atoms with Gasteiger partial charge in [0.1, 0.15) is 5.75 Å². The number of nitro benzene ring substituents is 1. The topological polar surface area (TPSA) is 84.7 Å². The van der Waals surface area contributed by atoms with Crippen LogP contribution in [0.2, 0.25) is 0 Å². The molecule has 0 fully saturated rings. The number of nitrogens with zero attached hydrogens (tertiary/aromatic N) is 2. The van der Waals surface area contributed by atoms with Crippen molar-refractivity contribution in [3.05, 3.63) is 58.6 Å². The third-order valence-electron chi connectivity index (χ3n) is 3.54. The van der Waals surface area contributed by atoms with Crippen LogP contribution in [-0.2, 0) is 4.79 Å². The first-order chi connectivity index (χ1) is 11.5. The molecule has 1 N–H and O–H groups in total. The summed E-state index contributed by atoms with van der Waals surface area (Å²) in [5.74, 6) is 0.141. The first-order valence-electron chi connectivity index (χ1n) is 7.39. The molecule has 0 radical (unpaired) electrons. The van der Waals surface area contributed by atoms with E-state index in [9.17, 15) is 14.9 Å². The SMILES string of the molecule is COc1ccc([N+](=O)[O-])cc1NC(=O)CCN(C)c1ccccc1. The van der Waals surface area contributed by atoms with Gasteiger partial charge in [-0.15, -0.1) is 0 Å². The number of amides is 1. The standard InChI is InChI=1S/C17H19N3O4/c1-19(13-6-4-3-5-7-13)11-10-17(21)18-15-12-14(20(22)23)8-9-16(15)24-2/h3-9,12H,10-11H2,1-2H3,(H,18,21). The number of carbonyl (C=O) groups excluding carboxylic acids is 1. The van der Waals surface area contributed by atoms with Crippen LogP contribution in [0, 0.1) is 10.1 Å². The van der Waals surface area contributed by atoms with E-state index in [-0.39, 0.29) is 18.0 Å². The van der Waals surface area contributed by atoms with Crippen LogP contribution in [0.25, 0.3) is 0 Å². The van der Waals surface area contributed by atoms with E-state index in [0.717, 1.165) is 5.69 Å². The molecule has 0 aliphatic carbocycles. The van der Waals surface area contributed by atoms with Gasteiger partial charge in [-0.25, -0.2) is 0 Å². The lowest BCUT2D eigenvalue weighted by Gasteiger charge is -2.19. The Kier molecular flexibility index (Phi) is 5.73. The van der Waals surface area contributed by atoms with E-state index in [1.807, 2.05) is 42.3 Å². The van der Waals surface area contributed by atoms with Crippen LogP contribution >= 0.6 is 0 Å². The van der Waals surface area contributed by atoms with Gasteiger partial charge in [0, 0.05) is 37.8 Å². The number of ether oxygens (including phenoxy) is 1. The summed E-state index contributed by atoms with van der Waals surface area (Å²) < 4.78 is 5.13. The molecule has 0 atom stereocenters. The summed E-state index contributed by atoms with van der Waals surface area (Å²) in [5.41, 5.74) is 1.20. The van der Waals surface area contributed by atoms with Gasteiger partial charge >= 0.3 is 0 Å². The second-order valence-electron chi connectivity index (χ2n) is 5.20. The Morgan fingerprint density at radius 3 is 2.58 bits per heavy atom. The highest BCUT2D eigenvalue weighted by Gasteiger charge is 2.14. The van der Waals surface area contributed by atoms with Crippen LogP contribution in [0.3, 0.4) is 0 Å². The second kappa shape index (κ2) is 7.96. The molecule has 0 aromatic heterocycles. The van der Waals surface area contributed by atoms with Crippen LogP contribution in [0.15, 0.2) is 48.5 Å². The number of para-hydroxylation sites is 1. The maximum Gasteiger partial charge on any atom is 0.271 e. The Morgan fingerprint density at radius 2 is 1.96 bits per heavy atom. The number of methoxy groups -OCH3 is 1. The van der Waals surface area contributed by atoms with Crippen molar-refractivity contribution in [3.8, 4) is 5.75 Å². The molecule has 0 unspecified atom stereocenters. The van der Waals surface area contributed by atoms with Crippen molar-refractivity contribution in [2.75, 3.05) is 30.9 Å². The van der Waals surface area contributed by atoms with E-state index in [0.29, 0.717) is 18.0 Å². The molecule has 1 amide bonds. The quantitative estimate of drug-likeness (QED) is 0.623. The molecule has 0 heterocycles. The van der Waals surface area contributed by atoms with Crippen molar-refractivity contribution >= 4 is 23.0 Å². The summed E-state index contributed by atoms with van der Waals surface area (Å²) in [7, 11) is 3.34. The first kappa shape index (κ1) is 17.3. The second-order valence-corrected chi connectivity index (χ2v) is 5.20. The number of hydrogen-bond acceptors (Lipinski definition) is 5. The smallest absolute Gasteiger partial charge is 0.271 e. The van der Waals surface area contributed by atoms with Gasteiger partial charge in [-0.3, -0.25) is 14.9 Å². The molecule has 0 saturated heterocycles. The van der Waals surface area contributed by atoms with Gasteiger partial charge in [0.2, 0.25) is 5.91 Å². The highest BCUT2D eigenvalue weighted by Crippen LogP contribution is 2.28. The Hall–Kier alpha value is -3.09. The lowest BCUT2D eigenvalue weighted by Crippen LogP contribution is -2.24. The summed E-state index contributed by atoms with van der Waals surface area (Å²) in [6.07, 6.45) is 0.247. The van der Waals surface area contributed by atoms with E-state index in [2.05, 4.69) is 5.32 Å². The number of hydrogen-bond donors (Lipinski definition) is 1. The third kappa shape index (κ3) is 4.45. The summed E-state index contributed by atoms with van der Waals surface area (Å²) in [5, 5.41) is 13.5. The van der Waals surface area contributed by atoms with E-state index in [1.165, 1.54) is 25.3 Å². The minimum Gasteiger partial charge on any atom is -0.495 e. The highest BCUT2D eigenvalue weighted by atomic mass is 16.6. The molecule has 2 rings (SSSR count). The zero-order valence-corrected chi connectivity index (χ0v) is 13.6. The molecular weight excluding hydrogens is 310 g/mol. The predicted molar refractivity (Wildman–Crippen MR) is 92.6 cm³/mol. The zero-order valence-electron chi connectivity index (χ0n) is 13.6. The molecule has 0 spiro atoms. The molecule has 0 aliphatic heterocycles. The highest BCUT2D eigenvalue weighted by molar-refractivity contribution is 5.93. The van der Waals surface area contributed by atoms with Crippen molar-refractivity contribution in [1.29, 1.82) is 0 Å². The fourth-order valence-corrected chi connectivity index (χ4v) is 2.20. The van der Waals surface area contributed by atoms with Crippen LogP contribution in [0.4, 0.5) is 17.1 Å². The number of nitro groups is 1. The predicted octanol–water partition coefficient (Wildman–Crippen LogP) is 3.07. The molecule has 7 heteroatoms. The average Bonchev–Trinajstić information content (AvgIpc) is 2.60. The lowest BCUT2D eigenvalue weighted by molar-refractivity contribution is -0.384. The van der Waals surface area contributed by atoms with Crippen molar-refractivity contribution in [1.82, 2.24) is 0 Å². The molecular formula is C17H19N3O4.